The zero-order valence-electron chi connectivity index (χ0n) is 17.8. The Hall–Kier alpha value is -3.08. The standard InChI is InChI=1S/C23H30N2O3/c1-16(14-24(4)5)8-10-21(26)19-12-18(3)13-20(23(19)28)22(27)11-9-17(2)15-25(6)7/h8-15,28H,1-7H3/b10-8+,11-9+,16-14+,17-15+. The maximum Gasteiger partial charge on any atom is 0.189 e. The van der Waals surface area contributed by atoms with Crippen LogP contribution < -0.4 is 0 Å². The molecule has 0 aliphatic carbocycles. The van der Waals surface area contributed by atoms with Crippen LogP contribution in [-0.4, -0.2) is 54.7 Å². The number of allylic oxidation sites excluding steroid dienone is 6. The van der Waals surface area contributed by atoms with Crippen molar-refractivity contribution >= 4 is 11.6 Å². The van der Waals surface area contributed by atoms with E-state index in [0.717, 1.165) is 16.7 Å². The van der Waals surface area contributed by atoms with Gasteiger partial charge in [0.2, 0.25) is 0 Å². The summed E-state index contributed by atoms with van der Waals surface area (Å²) >= 11 is 0. The molecule has 0 heterocycles. The lowest BCUT2D eigenvalue weighted by Gasteiger charge is -2.08. The molecule has 0 radical (unpaired) electrons. The van der Waals surface area contributed by atoms with Crippen LogP contribution in [0.3, 0.4) is 0 Å². The van der Waals surface area contributed by atoms with Crippen molar-refractivity contribution in [2.45, 2.75) is 20.8 Å². The average Bonchev–Trinajstić information content (AvgIpc) is 2.58. The highest BCUT2D eigenvalue weighted by Gasteiger charge is 2.17. The summed E-state index contributed by atoms with van der Waals surface area (Å²) in [6.45, 7) is 5.54. The second-order valence-electron chi connectivity index (χ2n) is 7.28. The molecule has 1 aromatic rings. The number of aryl methyl sites for hydroxylation is 1. The summed E-state index contributed by atoms with van der Waals surface area (Å²) < 4.78 is 0. The SMILES string of the molecule is CC(/C=C/C(=O)c1cc(C)cc(C(=O)/C=C/C(C)=C/N(C)C)c1O)=C\N(C)C. The van der Waals surface area contributed by atoms with Gasteiger partial charge in [-0.05, 0) is 61.8 Å². The Kier molecular flexibility index (Phi) is 8.45. The highest BCUT2D eigenvalue weighted by atomic mass is 16.3. The summed E-state index contributed by atoms with van der Waals surface area (Å²) in [4.78, 5) is 28.8. The fourth-order valence-electron chi connectivity index (χ4n) is 2.65. The van der Waals surface area contributed by atoms with E-state index in [2.05, 4.69) is 0 Å². The number of carbonyl (C=O) groups excluding carboxylic acids is 2. The lowest BCUT2D eigenvalue weighted by atomic mass is 9.98. The maximum atomic E-state index is 12.5. The van der Waals surface area contributed by atoms with Gasteiger partial charge in [-0.15, -0.1) is 0 Å². The topological polar surface area (TPSA) is 60.9 Å². The molecule has 1 rings (SSSR count). The number of carbonyl (C=O) groups is 2. The Balaban J connectivity index is 3.18. The normalized spacial score (nSPS) is 12.7. The van der Waals surface area contributed by atoms with Crippen molar-refractivity contribution in [3.8, 4) is 5.75 Å². The molecule has 0 unspecified atom stereocenters. The first-order valence-corrected chi connectivity index (χ1v) is 8.99. The Bertz CT molecular complexity index is 790. The molecule has 0 aromatic heterocycles. The van der Waals surface area contributed by atoms with Gasteiger partial charge in [-0.25, -0.2) is 0 Å². The van der Waals surface area contributed by atoms with E-state index in [0.29, 0.717) is 0 Å². The van der Waals surface area contributed by atoms with E-state index in [9.17, 15) is 14.7 Å². The molecule has 5 nitrogen and oxygen atoms in total. The third-order valence-electron chi connectivity index (χ3n) is 3.70. The van der Waals surface area contributed by atoms with Crippen molar-refractivity contribution in [1.82, 2.24) is 9.80 Å². The van der Waals surface area contributed by atoms with Crippen molar-refractivity contribution < 1.29 is 14.7 Å². The molecule has 0 saturated carbocycles. The first kappa shape index (κ1) is 23.0. The molecule has 0 spiro atoms. The minimum atomic E-state index is -0.352. The van der Waals surface area contributed by atoms with Crippen LogP contribution in [0, 0.1) is 6.92 Å². The van der Waals surface area contributed by atoms with Crippen LogP contribution in [0.15, 0.2) is 60.0 Å². The highest BCUT2D eigenvalue weighted by molar-refractivity contribution is 6.12. The molecule has 28 heavy (non-hydrogen) atoms. The highest BCUT2D eigenvalue weighted by Crippen LogP contribution is 2.26. The zero-order chi connectivity index (χ0) is 21.4. The molecule has 5 heteroatoms. The summed E-state index contributed by atoms with van der Waals surface area (Å²) in [5.74, 6) is -0.998. The third-order valence-corrected chi connectivity index (χ3v) is 3.70. The molecule has 0 bridgehead atoms. The predicted molar refractivity (Wildman–Crippen MR) is 115 cm³/mol. The molecule has 0 aliphatic heterocycles. The molecule has 1 N–H and O–H groups in total. The summed E-state index contributed by atoms with van der Waals surface area (Å²) in [7, 11) is 7.58. The Morgan fingerprint density at radius 2 is 1.14 bits per heavy atom. The summed E-state index contributed by atoms with van der Waals surface area (Å²) in [6, 6.07) is 3.18. The summed E-state index contributed by atoms with van der Waals surface area (Å²) in [5, 5.41) is 10.5. The van der Waals surface area contributed by atoms with E-state index in [1.807, 2.05) is 64.2 Å². The quantitative estimate of drug-likeness (QED) is 0.416. The summed E-state index contributed by atoms with van der Waals surface area (Å²) in [6.07, 6.45) is 9.92. The van der Waals surface area contributed by atoms with E-state index >= 15 is 0 Å². The van der Waals surface area contributed by atoms with Crippen molar-refractivity contribution in [2.24, 2.45) is 0 Å². The van der Waals surface area contributed by atoms with Crippen molar-refractivity contribution in [3.63, 3.8) is 0 Å². The van der Waals surface area contributed by atoms with Crippen LogP contribution in [0.4, 0.5) is 0 Å². The fraction of sp³-hybridized carbons (Fsp3) is 0.304. The van der Waals surface area contributed by atoms with Gasteiger partial charge in [0.1, 0.15) is 5.75 Å². The van der Waals surface area contributed by atoms with E-state index in [1.165, 1.54) is 12.2 Å². The average molecular weight is 383 g/mol. The number of phenols is 1. The van der Waals surface area contributed by atoms with Crippen LogP contribution in [0.1, 0.15) is 40.1 Å². The summed E-state index contributed by atoms with van der Waals surface area (Å²) in [5.41, 5.74) is 2.76. The van der Waals surface area contributed by atoms with Crippen molar-refractivity contribution in [3.05, 3.63) is 76.7 Å². The molecule has 150 valence electrons. The van der Waals surface area contributed by atoms with Gasteiger partial charge in [-0.3, -0.25) is 9.59 Å². The minimum Gasteiger partial charge on any atom is -0.506 e. The van der Waals surface area contributed by atoms with E-state index < -0.39 is 0 Å². The van der Waals surface area contributed by atoms with Crippen molar-refractivity contribution in [1.29, 1.82) is 0 Å². The van der Waals surface area contributed by atoms with Gasteiger partial charge >= 0.3 is 0 Å². The lowest BCUT2D eigenvalue weighted by molar-refractivity contribution is 0.104. The van der Waals surface area contributed by atoms with Crippen LogP contribution in [0.25, 0.3) is 0 Å². The Labute approximate surface area is 168 Å². The fourth-order valence-corrected chi connectivity index (χ4v) is 2.65. The van der Waals surface area contributed by atoms with E-state index in [4.69, 9.17) is 0 Å². The predicted octanol–water partition coefficient (Wildman–Crippen LogP) is 4.11. The van der Waals surface area contributed by atoms with E-state index in [1.54, 1.807) is 31.2 Å². The molecule has 0 saturated heterocycles. The smallest absolute Gasteiger partial charge is 0.189 e. The third kappa shape index (κ3) is 7.27. The first-order chi connectivity index (χ1) is 13.0. The number of rotatable bonds is 8. The number of benzene rings is 1. The Morgan fingerprint density at radius 3 is 1.46 bits per heavy atom. The second kappa shape index (κ2) is 10.3. The van der Waals surface area contributed by atoms with Crippen molar-refractivity contribution in [2.75, 3.05) is 28.2 Å². The number of hydrogen-bond acceptors (Lipinski definition) is 5. The van der Waals surface area contributed by atoms with Gasteiger partial charge in [0, 0.05) is 40.6 Å². The maximum absolute atomic E-state index is 12.5. The van der Waals surface area contributed by atoms with Crippen LogP contribution in [-0.2, 0) is 0 Å². The monoisotopic (exact) mass is 382 g/mol. The number of phenolic OH excluding ortho intramolecular Hbond substituents is 1. The molecule has 0 aliphatic rings. The van der Waals surface area contributed by atoms with Gasteiger partial charge in [0.05, 0.1) is 11.1 Å². The minimum absolute atomic E-state index is 0.117. The molecule has 0 fully saturated rings. The number of aromatic hydroxyl groups is 1. The van der Waals surface area contributed by atoms with Gasteiger partial charge < -0.3 is 14.9 Å². The zero-order valence-corrected chi connectivity index (χ0v) is 17.8. The first-order valence-electron chi connectivity index (χ1n) is 8.99. The molecule has 1 aromatic carbocycles. The second-order valence-corrected chi connectivity index (χ2v) is 7.28. The van der Waals surface area contributed by atoms with Gasteiger partial charge in [0.15, 0.2) is 11.6 Å². The van der Waals surface area contributed by atoms with Crippen LogP contribution >= 0.6 is 0 Å². The number of hydrogen-bond donors (Lipinski definition) is 1. The van der Waals surface area contributed by atoms with Crippen LogP contribution in [0.2, 0.25) is 0 Å². The molecular formula is C23H30N2O3. The van der Waals surface area contributed by atoms with Gasteiger partial charge in [-0.1, -0.05) is 12.2 Å². The van der Waals surface area contributed by atoms with E-state index in [-0.39, 0.29) is 28.4 Å². The number of nitrogens with zero attached hydrogens (tertiary/aromatic N) is 2. The molecule has 0 amide bonds. The number of ketones is 2. The lowest BCUT2D eigenvalue weighted by Crippen LogP contribution is -2.04. The van der Waals surface area contributed by atoms with Gasteiger partial charge in [0.25, 0.3) is 0 Å². The Morgan fingerprint density at radius 1 is 0.786 bits per heavy atom. The largest absolute Gasteiger partial charge is 0.506 e. The molecular weight excluding hydrogens is 352 g/mol. The van der Waals surface area contributed by atoms with Gasteiger partial charge in [-0.2, -0.15) is 0 Å². The van der Waals surface area contributed by atoms with Crippen LogP contribution in [0.5, 0.6) is 5.75 Å². The molecule has 0 atom stereocenters.